The van der Waals surface area contributed by atoms with Gasteiger partial charge in [0, 0.05) is 17.8 Å². The third kappa shape index (κ3) is 0.902. The van der Waals surface area contributed by atoms with Crippen LogP contribution in [0.1, 0.15) is 0 Å². The van der Waals surface area contributed by atoms with Crippen LogP contribution in [0.15, 0.2) is 30.7 Å². The van der Waals surface area contributed by atoms with E-state index in [1.54, 1.807) is 12.4 Å². The highest BCUT2D eigenvalue weighted by molar-refractivity contribution is 5.86. The molecule has 0 spiro atoms. The van der Waals surface area contributed by atoms with Gasteiger partial charge in [-0.3, -0.25) is 15.7 Å². The van der Waals surface area contributed by atoms with Crippen LogP contribution in [0.5, 0.6) is 0 Å². The number of hydrogen-bond donors (Lipinski definition) is 0. The van der Waals surface area contributed by atoms with Crippen LogP contribution in [0.4, 0.5) is 5.69 Å². The summed E-state index contributed by atoms with van der Waals surface area (Å²) < 4.78 is 0. The van der Waals surface area contributed by atoms with Gasteiger partial charge in [0.2, 0.25) is 0 Å². The molecule has 0 saturated carbocycles. The van der Waals surface area contributed by atoms with Crippen molar-refractivity contribution in [3.05, 3.63) is 30.7 Å². The molecule has 2 rings (SSSR count). The second kappa shape index (κ2) is 2.20. The Hall–Kier alpha value is -1.64. The first-order chi connectivity index (χ1) is 5.38. The molecule has 1 radical (unpaired) electrons. The van der Waals surface area contributed by atoms with Crippen molar-refractivity contribution in [1.29, 1.82) is 0 Å². The Balaban J connectivity index is 2.91. The number of nitrogens with one attached hydrogen (secondary N) is 1. The molecule has 0 amide bonds. The van der Waals surface area contributed by atoms with Crippen molar-refractivity contribution in [2.45, 2.75) is 0 Å². The van der Waals surface area contributed by atoms with E-state index in [2.05, 4.69) is 9.97 Å². The number of fused-ring (bicyclic) bond motifs is 1. The monoisotopic (exact) mass is 144 g/mol. The Morgan fingerprint density at radius 1 is 1.27 bits per heavy atom. The molecule has 53 valence electrons. The van der Waals surface area contributed by atoms with Gasteiger partial charge in [0.25, 0.3) is 0 Å². The third-order valence-corrected chi connectivity index (χ3v) is 1.51. The molecule has 0 aromatic carbocycles. The second-order valence-corrected chi connectivity index (χ2v) is 2.26. The lowest BCUT2D eigenvalue weighted by molar-refractivity contribution is 1.29. The maximum atomic E-state index is 7.44. The number of rotatable bonds is 0. The van der Waals surface area contributed by atoms with Crippen LogP contribution in [-0.2, 0) is 0 Å². The first-order valence-electron chi connectivity index (χ1n) is 3.28. The zero-order valence-electron chi connectivity index (χ0n) is 5.78. The van der Waals surface area contributed by atoms with Gasteiger partial charge in [-0.2, -0.15) is 0 Å². The van der Waals surface area contributed by atoms with Gasteiger partial charge in [-0.1, -0.05) is 0 Å². The standard InChI is InChI=1S/C8H6N3/c9-7-5-10-4-6-2-1-3-11-8(6)7/h1-5,9H. The summed E-state index contributed by atoms with van der Waals surface area (Å²) in [4.78, 5) is 7.94. The first kappa shape index (κ1) is 6.09. The molecule has 1 N–H and O–H groups in total. The average molecular weight is 144 g/mol. The summed E-state index contributed by atoms with van der Waals surface area (Å²) in [5.74, 6) is 0. The van der Waals surface area contributed by atoms with E-state index in [9.17, 15) is 0 Å². The molecule has 3 nitrogen and oxygen atoms in total. The van der Waals surface area contributed by atoms with E-state index in [4.69, 9.17) is 5.73 Å². The molecular formula is C8H6N3. The summed E-state index contributed by atoms with van der Waals surface area (Å²) in [6, 6.07) is 3.73. The van der Waals surface area contributed by atoms with E-state index in [-0.39, 0.29) is 0 Å². The zero-order valence-corrected chi connectivity index (χ0v) is 5.78. The molecule has 11 heavy (non-hydrogen) atoms. The molecule has 0 aliphatic rings. The van der Waals surface area contributed by atoms with E-state index >= 15 is 0 Å². The molecule has 2 aromatic heterocycles. The highest BCUT2D eigenvalue weighted by atomic mass is 14.8. The molecule has 0 atom stereocenters. The quantitative estimate of drug-likeness (QED) is 0.563. The highest BCUT2D eigenvalue weighted by Gasteiger charge is 1.96. The number of aromatic nitrogens is 2. The zero-order chi connectivity index (χ0) is 7.68. The lowest BCUT2D eigenvalue weighted by Crippen LogP contribution is -1.81. The molecule has 0 unspecified atom stereocenters. The lowest BCUT2D eigenvalue weighted by Gasteiger charge is -1.95. The summed E-state index contributed by atoms with van der Waals surface area (Å²) in [5, 5.41) is 0.917. The van der Waals surface area contributed by atoms with E-state index in [0.29, 0.717) is 11.2 Å². The van der Waals surface area contributed by atoms with E-state index in [1.165, 1.54) is 6.20 Å². The molecule has 0 bridgehead atoms. The predicted molar refractivity (Wildman–Crippen MR) is 42.3 cm³/mol. The van der Waals surface area contributed by atoms with Gasteiger partial charge in [0.15, 0.2) is 0 Å². The Morgan fingerprint density at radius 2 is 2.18 bits per heavy atom. The van der Waals surface area contributed by atoms with Crippen LogP contribution in [0.2, 0.25) is 0 Å². The van der Waals surface area contributed by atoms with Crippen LogP contribution < -0.4 is 5.73 Å². The third-order valence-electron chi connectivity index (χ3n) is 1.51. The fourth-order valence-electron chi connectivity index (χ4n) is 1.00. The molecular weight excluding hydrogens is 138 g/mol. The van der Waals surface area contributed by atoms with Gasteiger partial charge in [0.1, 0.15) is 0 Å². The summed E-state index contributed by atoms with van der Waals surface area (Å²) in [6.45, 7) is 0. The molecule has 2 heterocycles. The van der Waals surface area contributed by atoms with Crippen LogP contribution in [-0.4, -0.2) is 9.97 Å². The molecule has 2 aromatic rings. The van der Waals surface area contributed by atoms with Crippen molar-refractivity contribution in [2.24, 2.45) is 0 Å². The topological polar surface area (TPSA) is 49.6 Å². The SMILES string of the molecule is [NH]c1cncc2cccnc12. The van der Waals surface area contributed by atoms with Crippen molar-refractivity contribution in [1.82, 2.24) is 15.7 Å². The molecule has 3 heteroatoms. The van der Waals surface area contributed by atoms with Crippen molar-refractivity contribution >= 4 is 16.6 Å². The van der Waals surface area contributed by atoms with E-state index in [1.807, 2.05) is 12.1 Å². The minimum absolute atomic E-state index is 0.378. The first-order valence-corrected chi connectivity index (χ1v) is 3.28. The minimum atomic E-state index is 0.378. The Bertz CT molecular complexity index is 378. The van der Waals surface area contributed by atoms with Crippen molar-refractivity contribution in [3.63, 3.8) is 0 Å². The van der Waals surface area contributed by atoms with Gasteiger partial charge in [-0.05, 0) is 12.1 Å². The Morgan fingerprint density at radius 3 is 3.00 bits per heavy atom. The van der Waals surface area contributed by atoms with Gasteiger partial charge in [-0.25, -0.2) is 0 Å². The normalized spacial score (nSPS) is 10.2. The summed E-state index contributed by atoms with van der Waals surface area (Å²) in [5.41, 5.74) is 8.53. The van der Waals surface area contributed by atoms with Crippen LogP contribution >= 0.6 is 0 Å². The second-order valence-electron chi connectivity index (χ2n) is 2.26. The number of pyridine rings is 2. The molecule has 0 aliphatic heterocycles. The summed E-state index contributed by atoms with van der Waals surface area (Å²) in [6.07, 6.45) is 4.88. The summed E-state index contributed by atoms with van der Waals surface area (Å²) >= 11 is 0. The van der Waals surface area contributed by atoms with Crippen LogP contribution in [0.3, 0.4) is 0 Å². The van der Waals surface area contributed by atoms with Crippen LogP contribution in [0, 0.1) is 0 Å². The predicted octanol–water partition coefficient (Wildman–Crippen LogP) is 1.54. The van der Waals surface area contributed by atoms with Gasteiger partial charge >= 0.3 is 0 Å². The van der Waals surface area contributed by atoms with Gasteiger partial charge in [-0.15, -0.1) is 0 Å². The Labute approximate surface area is 63.9 Å². The molecule has 0 fully saturated rings. The van der Waals surface area contributed by atoms with E-state index < -0.39 is 0 Å². The fourth-order valence-corrected chi connectivity index (χ4v) is 1.00. The minimum Gasteiger partial charge on any atom is -0.297 e. The van der Waals surface area contributed by atoms with E-state index in [0.717, 1.165) is 5.39 Å². The largest absolute Gasteiger partial charge is 0.297 e. The average Bonchev–Trinajstić information content (AvgIpc) is 2.06. The smallest absolute Gasteiger partial charge is 0.0986 e. The van der Waals surface area contributed by atoms with Gasteiger partial charge < -0.3 is 0 Å². The molecule has 0 aliphatic carbocycles. The van der Waals surface area contributed by atoms with Gasteiger partial charge in [0.05, 0.1) is 17.4 Å². The fraction of sp³-hybridized carbons (Fsp3) is 0. The van der Waals surface area contributed by atoms with Crippen molar-refractivity contribution in [2.75, 3.05) is 0 Å². The lowest BCUT2D eigenvalue weighted by atomic mass is 10.2. The molecule has 0 saturated heterocycles. The van der Waals surface area contributed by atoms with Crippen molar-refractivity contribution < 1.29 is 0 Å². The summed E-state index contributed by atoms with van der Waals surface area (Å²) in [7, 11) is 0. The maximum Gasteiger partial charge on any atom is 0.0986 e. The maximum absolute atomic E-state index is 7.44. The van der Waals surface area contributed by atoms with Crippen molar-refractivity contribution in [3.8, 4) is 0 Å². The van der Waals surface area contributed by atoms with Crippen LogP contribution in [0.25, 0.3) is 10.9 Å². The number of nitrogens with zero attached hydrogens (tertiary/aromatic N) is 2. The highest BCUT2D eigenvalue weighted by Crippen LogP contribution is 2.16. The Kier molecular flexibility index (Phi) is 1.22. The number of hydrogen-bond acceptors (Lipinski definition) is 2.